The van der Waals surface area contributed by atoms with Crippen LogP contribution in [-0.2, 0) is 16.4 Å². The van der Waals surface area contributed by atoms with Gasteiger partial charge in [-0.2, -0.15) is 0 Å². The van der Waals surface area contributed by atoms with E-state index in [1.165, 1.54) is 28.9 Å². The Kier molecular flexibility index (Phi) is 11.9. The number of fused-ring (bicyclic) bond motifs is 1. The average Bonchev–Trinajstić information content (AvgIpc) is 2.92. The number of aryl methyl sites for hydroxylation is 2. The first-order chi connectivity index (χ1) is 20.2. The number of hydrogen-bond donors (Lipinski definition) is 1. The third-order valence-electron chi connectivity index (χ3n) is 8.18. The van der Waals surface area contributed by atoms with Crippen LogP contribution in [0.15, 0.2) is 70.2 Å². The van der Waals surface area contributed by atoms with Gasteiger partial charge < -0.3 is 9.47 Å². The molecule has 7 heteroatoms. The summed E-state index contributed by atoms with van der Waals surface area (Å²) in [5, 5.41) is 0. The van der Waals surface area contributed by atoms with Gasteiger partial charge >= 0.3 is 6.09 Å². The molecule has 0 aliphatic carbocycles. The molecule has 0 radical (unpaired) electrons. The van der Waals surface area contributed by atoms with Crippen molar-refractivity contribution in [3.63, 3.8) is 0 Å². The van der Waals surface area contributed by atoms with Crippen LogP contribution in [0.5, 0.6) is 11.5 Å². The number of rotatable bonds is 12. The van der Waals surface area contributed by atoms with Gasteiger partial charge in [-0.25, -0.2) is 17.9 Å². The van der Waals surface area contributed by atoms with Gasteiger partial charge in [0.25, 0.3) is 10.0 Å². The molecule has 1 amide bonds. The molecule has 2 aromatic rings. The van der Waals surface area contributed by atoms with Crippen LogP contribution < -0.4 is 14.2 Å². The molecule has 1 heterocycles. The fraction of sp³-hybridized carbons (Fsp3) is 0.472. The van der Waals surface area contributed by atoms with Crippen molar-refractivity contribution in [3.8, 4) is 11.5 Å². The summed E-state index contributed by atoms with van der Waals surface area (Å²) >= 11 is 0. The van der Waals surface area contributed by atoms with Gasteiger partial charge in [-0.05, 0) is 142 Å². The Labute approximate surface area is 259 Å². The number of amides is 1. The zero-order chi connectivity index (χ0) is 31.8. The molecule has 0 bridgehead atoms. The van der Waals surface area contributed by atoms with E-state index in [1.807, 2.05) is 25.5 Å². The fourth-order valence-electron chi connectivity index (χ4n) is 5.20. The number of carbonyl (C=O) groups excluding carboxylic acids is 1. The summed E-state index contributed by atoms with van der Waals surface area (Å²) in [5.41, 5.74) is 7.48. The second-order valence-corrected chi connectivity index (χ2v) is 14.2. The maximum Gasteiger partial charge on any atom is 0.426 e. The first kappa shape index (κ1) is 34.2. The minimum Gasteiger partial charge on any atom is -0.487 e. The van der Waals surface area contributed by atoms with E-state index in [0.717, 1.165) is 79.4 Å². The quantitative estimate of drug-likeness (QED) is 0.243. The number of benzene rings is 2. The van der Waals surface area contributed by atoms with Crippen LogP contribution in [-0.4, -0.2) is 20.1 Å². The van der Waals surface area contributed by atoms with E-state index >= 15 is 0 Å². The molecule has 43 heavy (non-hydrogen) atoms. The molecular formula is C36H49NO5S. The first-order valence-corrected chi connectivity index (χ1v) is 16.8. The summed E-state index contributed by atoms with van der Waals surface area (Å²) in [6, 6.07) is 8.07. The number of ether oxygens (including phenoxy) is 2. The minimum absolute atomic E-state index is 0.00350. The Hall–Kier alpha value is -3.32. The molecule has 0 unspecified atom stereocenters. The van der Waals surface area contributed by atoms with Gasteiger partial charge in [0, 0.05) is 0 Å². The lowest BCUT2D eigenvalue weighted by Crippen LogP contribution is -2.37. The van der Waals surface area contributed by atoms with E-state index in [-0.39, 0.29) is 10.5 Å². The third-order valence-corrected chi connectivity index (χ3v) is 9.51. The van der Waals surface area contributed by atoms with Crippen molar-refractivity contribution in [2.45, 2.75) is 117 Å². The third kappa shape index (κ3) is 10.1. The van der Waals surface area contributed by atoms with Gasteiger partial charge in [0.2, 0.25) is 0 Å². The van der Waals surface area contributed by atoms with Crippen molar-refractivity contribution in [1.29, 1.82) is 0 Å². The Morgan fingerprint density at radius 1 is 0.930 bits per heavy atom. The molecule has 0 aromatic heterocycles. The smallest absolute Gasteiger partial charge is 0.426 e. The van der Waals surface area contributed by atoms with E-state index in [0.29, 0.717) is 5.75 Å². The topological polar surface area (TPSA) is 81.7 Å². The van der Waals surface area contributed by atoms with Crippen LogP contribution in [0.2, 0.25) is 0 Å². The van der Waals surface area contributed by atoms with Crippen molar-refractivity contribution in [2.75, 3.05) is 0 Å². The molecule has 234 valence electrons. The summed E-state index contributed by atoms with van der Waals surface area (Å²) in [6.07, 6.45) is 13.8. The van der Waals surface area contributed by atoms with Crippen LogP contribution in [0, 0.1) is 20.8 Å². The summed E-state index contributed by atoms with van der Waals surface area (Å²) in [7, 11) is -4.04. The minimum atomic E-state index is -4.04. The van der Waals surface area contributed by atoms with Gasteiger partial charge in [0.1, 0.15) is 17.1 Å². The average molecular weight is 608 g/mol. The van der Waals surface area contributed by atoms with Crippen molar-refractivity contribution >= 4 is 16.1 Å². The predicted molar refractivity (Wildman–Crippen MR) is 175 cm³/mol. The summed E-state index contributed by atoms with van der Waals surface area (Å²) < 4.78 is 39.3. The Bertz CT molecular complexity index is 1500. The SMILES string of the molecule is CC(C)=CCCC(C)=CCCC(C)=CCC[C@]1(C)CCc2cc(OC(=O)NS(=O)(=O)c3ccc(C)cc3)c(C)c(C)c2O1. The number of carbonyl (C=O) groups is 1. The van der Waals surface area contributed by atoms with Gasteiger partial charge in [0.15, 0.2) is 0 Å². The number of sulfonamides is 1. The predicted octanol–water partition coefficient (Wildman–Crippen LogP) is 9.37. The number of nitrogens with one attached hydrogen (secondary N) is 1. The Morgan fingerprint density at radius 2 is 1.53 bits per heavy atom. The molecule has 0 fully saturated rings. The van der Waals surface area contributed by atoms with E-state index in [1.54, 1.807) is 18.2 Å². The molecule has 1 aliphatic heterocycles. The highest BCUT2D eigenvalue weighted by Crippen LogP contribution is 2.42. The van der Waals surface area contributed by atoms with E-state index in [2.05, 4.69) is 52.8 Å². The molecule has 0 saturated heterocycles. The lowest BCUT2D eigenvalue weighted by atomic mass is 9.86. The number of hydrogen-bond acceptors (Lipinski definition) is 5. The standard InChI is InChI=1S/C36H49NO5S/c1-25(2)12-9-13-26(3)14-10-15-27(4)16-11-22-36(8)23-21-31-24-33(29(6)30(7)34(31)42-36)41-35(38)37-43(39,40)32-19-17-28(5)18-20-32/h12,14,16-20,24H,9-11,13,15,21-23H2,1-8H3,(H,37,38)/t36-/m1/s1. The van der Waals surface area contributed by atoms with Crippen molar-refractivity contribution in [1.82, 2.24) is 4.72 Å². The molecule has 0 spiro atoms. The fourth-order valence-corrected chi connectivity index (χ4v) is 6.08. The van der Waals surface area contributed by atoms with Crippen LogP contribution in [0.4, 0.5) is 4.79 Å². The maximum absolute atomic E-state index is 12.6. The van der Waals surface area contributed by atoms with Gasteiger partial charge in [0.05, 0.1) is 4.90 Å². The second kappa shape index (κ2) is 14.9. The molecule has 6 nitrogen and oxygen atoms in total. The normalized spacial score (nSPS) is 17.1. The summed E-state index contributed by atoms with van der Waals surface area (Å²) in [4.78, 5) is 12.6. The summed E-state index contributed by atoms with van der Waals surface area (Å²) in [6.45, 7) is 16.6. The lowest BCUT2D eigenvalue weighted by Gasteiger charge is -2.37. The lowest BCUT2D eigenvalue weighted by molar-refractivity contribution is 0.0560. The van der Waals surface area contributed by atoms with E-state index in [9.17, 15) is 13.2 Å². The first-order valence-electron chi connectivity index (χ1n) is 15.3. The Balaban J connectivity index is 1.57. The molecule has 1 N–H and O–H groups in total. The van der Waals surface area contributed by atoms with Crippen LogP contribution in [0.25, 0.3) is 0 Å². The van der Waals surface area contributed by atoms with Crippen molar-refractivity contribution in [3.05, 3.63) is 87.5 Å². The highest BCUT2D eigenvalue weighted by molar-refractivity contribution is 7.90. The van der Waals surface area contributed by atoms with E-state index in [4.69, 9.17) is 9.47 Å². The highest BCUT2D eigenvalue weighted by Gasteiger charge is 2.33. The van der Waals surface area contributed by atoms with Gasteiger partial charge in [-0.1, -0.05) is 52.6 Å². The Morgan fingerprint density at radius 3 is 2.16 bits per heavy atom. The molecule has 3 rings (SSSR count). The number of allylic oxidation sites excluding steroid dienone is 6. The van der Waals surface area contributed by atoms with Gasteiger partial charge in [-0.3, -0.25) is 0 Å². The molecule has 2 aromatic carbocycles. The molecular weight excluding hydrogens is 558 g/mol. The molecule has 0 saturated carbocycles. The maximum atomic E-state index is 12.6. The van der Waals surface area contributed by atoms with Crippen LogP contribution in [0.3, 0.4) is 0 Å². The second-order valence-electron chi connectivity index (χ2n) is 12.5. The van der Waals surface area contributed by atoms with Crippen molar-refractivity contribution in [2.24, 2.45) is 0 Å². The highest BCUT2D eigenvalue weighted by atomic mass is 32.2. The van der Waals surface area contributed by atoms with Crippen molar-refractivity contribution < 1.29 is 22.7 Å². The van der Waals surface area contributed by atoms with Crippen LogP contribution >= 0.6 is 0 Å². The monoisotopic (exact) mass is 607 g/mol. The summed E-state index contributed by atoms with van der Waals surface area (Å²) in [5.74, 6) is 1.17. The van der Waals surface area contributed by atoms with Crippen LogP contribution in [0.1, 0.15) is 102 Å². The molecule has 1 aliphatic rings. The van der Waals surface area contributed by atoms with E-state index < -0.39 is 16.1 Å². The molecule has 1 atom stereocenters. The largest absolute Gasteiger partial charge is 0.487 e. The zero-order valence-electron chi connectivity index (χ0n) is 27.2. The zero-order valence-corrected chi connectivity index (χ0v) is 28.0. The van der Waals surface area contributed by atoms with Gasteiger partial charge in [-0.15, -0.1) is 0 Å².